The van der Waals surface area contributed by atoms with Crippen molar-refractivity contribution in [2.45, 2.75) is 50.0 Å². The number of carbonyl (C=O) groups is 9. The molecule has 22 nitrogen and oxygen atoms in total. The van der Waals surface area contributed by atoms with E-state index >= 15 is 0 Å². The predicted octanol–water partition coefficient (Wildman–Crippen LogP) is -3.99. The van der Waals surface area contributed by atoms with Crippen molar-refractivity contribution in [3.63, 3.8) is 0 Å². The van der Waals surface area contributed by atoms with Crippen LogP contribution in [0.25, 0.3) is 0 Å². The Morgan fingerprint density at radius 2 is 1.37 bits per heavy atom. The van der Waals surface area contributed by atoms with Gasteiger partial charge in [-0.05, 0) is 6.42 Å². The van der Waals surface area contributed by atoms with Gasteiger partial charge in [-0.1, -0.05) is 11.8 Å². The molecule has 4 amide bonds. The van der Waals surface area contributed by atoms with E-state index in [1.54, 1.807) is 0 Å². The van der Waals surface area contributed by atoms with Crippen LogP contribution in [0.2, 0.25) is 0 Å². The number of carboxylic acid groups (broad SMARTS) is 5. The molecular formula is C25H49N7O15S5. The van der Waals surface area contributed by atoms with Crippen molar-refractivity contribution in [2.24, 2.45) is 17.2 Å². The van der Waals surface area contributed by atoms with Gasteiger partial charge < -0.3 is 69.1 Å². The van der Waals surface area contributed by atoms with E-state index < -0.39 is 78.4 Å². The largest absolute Gasteiger partial charge is 0.480 e. The number of aliphatic hydroxyl groups excluding tert-OH is 1. The van der Waals surface area contributed by atoms with Gasteiger partial charge in [0, 0.05) is 55.8 Å². The van der Waals surface area contributed by atoms with E-state index in [1.807, 2.05) is 0 Å². The predicted molar refractivity (Wildman–Crippen MR) is 203 cm³/mol. The molecule has 1 fully saturated rings. The minimum Gasteiger partial charge on any atom is -0.480 e. The highest BCUT2D eigenvalue weighted by atomic mass is 32.2. The summed E-state index contributed by atoms with van der Waals surface area (Å²) in [5, 5.41) is 53.8. The van der Waals surface area contributed by atoms with E-state index in [9.17, 15) is 43.2 Å². The van der Waals surface area contributed by atoms with E-state index in [0.717, 1.165) is 17.5 Å². The molecule has 304 valence electrons. The Morgan fingerprint density at radius 3 is 1.60 bits per heavy atom. The zero-order valence-electron chi connectivity index (χ0n) is 29.0. The maximum absolute atomic E-state index is 11.5. The van der Waals surface area contributed by atoms with E-state index in [-0.39, 0.29) is 41.2 Å². The average Bonchev–Trinajstić information content (AvgIpc) is 3.54. The quantitative estimate of drug-likeness (QED) is 0.0658. The second-order valence-corrected chi connectivity index (χ2v) is 11.5. The fraction of sp³-hybridized carbons (Fsp3) is 0.640. The van der Waals surface area contributed by atoms with Gasteiger partial charge in [0.2, 0.25) is 19.2 Å². The number of hydrogen-bond acceptors (Lipinski definition) is 18. The molecule has 0 radical (unpaired) electrons. The summed E-state index contributed by atoms with van der Waals surface area (Å²) >= 11 is 16.1. The topological polar surface area (TPSA) is 401 Å². The molecule has 1 rings (SSSR count). The van der Waals surface area contributed by atoms with Gasteiger partial charge >= 0.3 is 29.8 Å². The van der Waals surface area contributed by atoms with Gasteiger partial charge in [0.1, 0.15) is 36.8 Å². The van der Waals surface area contributed by atoms with Crippen LogP contribution in [-0.4, -0.2) is 164 Å². The lowest BCUT2D eigenvalue weighted by molar-refractivity contribution is -0.141. The lowest BCUT2D eigenvalue weighted by Gasteiger charge is -2.16. The van der Waals surface area contributed by atoms with Gasteiger partial charge in [0.15, 0.2) is 0 Å². The summed E-state index contributed by atoms with van der Waals surface area (Å²) in [6, 6.07) is -4.52. The first-order valence-electron chi connectivity index (χ1n) is 14.5. The lowest BCUT2D eigenvalue weighted by Crippen LogP contribution is -2.49. The van der Waals surface area contributed by atoms with Gasteiger partial charge in [0.25, 0.3) is 5.24 Å². The number of carboxylic acids is 5. The molecule has 0 aliphatic carbocycles. The second kappa shape index (κ2) is 37.6. The van der Waals surface area contributed by atoms with Gasteiger partial charge in [-0.25, -0.2) is 9.59 Å². The summed E-state index contributed by atoms with van der Waals surface area (Å²) in [4.78, 5) is 94.5. The lowest BCUT2D eigenvalue weighted by atomic mass is 10.1. The fourth-order valence-corrected chi connectivity index (χ4v) is 3.61. The van der Waals surface area contributed by atoms with Crippen LogP contribution in [0.1, 0.15) is 19.8 Å². The summed E-state index contributed by atoms with van der Waals surface area (Å²) in [5.74, 6) is -5.67. The molecule has 52 heavy (non-hydrogen) atoms. The Morgan fingerprint density at radius 1 is 0.885 bits per heavy atom. The van der Waals surface area contributed by atoms with Crippen LogP contribution in [0.4, 0.5) is 4.79 Å². The van der Waals surface area contributed by atoms with Gasteiger partial charge in [0.05, 0.1) is 0 Å². The van der Waals surface area contributed by atoms with Crippen LogP contribution in [0, 0.1) is 0 Å². The van der Waals surface area contributed by atoms with E-state index in [0.29, 0.717) is 12.3 Å². The minimum atomic E-state index is -1.22. The maximum Gasteiger partial charge on any atom is 0.327 e. The number of aliphatic hydroxyl groups is 1. The normalized spacial score (nSPS) is 14.6. The third-order valence-electron chi connectivity index (χ3n) is 4.72. The highest BCUT2D eigenvalue weighted by Crippen LogP contribution is 2.12. The molecule has 0 spiro atoms. The molecule has 0 saturated carbocycles. The SMILES string of the molecule is CC(=O)N[C@@H](CS)C(=O)O.NCCS.N[C@@H](CCC(=O)N[C@H](CS)C(=O)NCC(=O)O)C(=O)O.N[C@@H](CS)C(=O)O.O=C1N[C@H](C(=O)O)CS1.[3H]OC. The summed E-state index contributed by atoms with van der Waals surface area (Å²) in [6.07, 6.45) is -0.235. The highest BCUT2D eigenvalue weighted by Gasteiger charge is 2.27. The van der Waals surface area contributed by atoms with Crippen molar-refractivity contribution in [1.82, 2.24) is 21.3 Å². The van der Waals surface area contributed by atoms with Crippen molar-refractivity contribution in [3.05, 3.63) is 0 Å². The summed E-state index contributed by atoms with van der Waals surface area (Å²) in [7, 11) is 1.29. The molecule has 0 aromatic carbocycles. The Balaban J connectivity index is -0.000000195. The first kappa shape index (κ1) is 55.6. The number of rotatable bonds is 16. The number of nitrogens with two attached hydrogens (primary N) is 3. The van der Waals surface area contributed by atoms with Crippen molar-refractivity contribution in [3.8, 4) is 0 Å². The first-order chi connectivity index (χ1) is 24.6. The molecule has 0 aromatic rings. The molecule has 0 bridgehead atoms. The van der Waals surface area contributed by atoms with Gasteiger partial charge in [-0.2, -0.15) is 50.5 Å². The first-order valence-corrected chi connectivity index (χ1v) is 17.6. The molecule has 27 heteroatoms. The number of carbonyl (C=O) groups excluding carboxylic acids is 4. The minimum absolute atomic E-state index is 0.0256. The van der Waals surface area contributed by atoms with Crippen LogP contribution >= 0.6 is 62.3 Å². The Kier molecular flexibility index (Phi) is 40.2. The molecule has 5 atom stereocenters. The van der Waals surface area contributed by atoms with Crippen LogP contribution < -0.4 is 38.5 Å². The average molecular weight is 850 g/mol. The number of hydrogen-bond donors (Lipinski definition) is 17. The number of nitrogens with one attached hydrogen (secondary N) is 4. The van der Waals surface area contributed by atoms with Crippen LogP contribution in [-0.2, 0) is 38.4 Å². The number of thiol groups is 4. The molecule has 1 heterocycles. The standard InChI is InChI=1S/C10H17N3O6S.C5H9NO3S.C4H5NO3S.C3H7NO2S.C2H7NS.CH4O/c11-5(10(18)19)1-2-7(14)13-6(4-20)9(17)12-3-8(15)16;1-3(7)6-4(2-10)5(8)9;6-3(7)2-1-9-4(8)5-2;4-2(1-7)3(5)6;3-1-2-4;1-2/h5-6,20H,1-4,11H2,(H,12,17)(H,13,14)(H,15,16)(H,18,19);4,10H,2H2,1H3,(H,6,7)(H,8,9);2H,1H2,(H,5,8)(H,6,7);2,7H,1,4H2,(H,5,6);4H,1-3H2;2H,1H3/t5-,6+;4-;2*2-;;/m0000../s1/i;;;;;2T. The molecule has 1 aliphatic rings. The van der Waals surface area contributed by atoms with Gasteiger partial charge in [-0.3, -0.25) is 33.6 Å². The molecule has 1 saturated heterocycles. The highest BCUT2D eigenvalue weighted by molar-refractivity contribution is 8.14. The fourth-order valence-electron chi connectivity index (χ4n) is 2.18. The molecule has 1 aliphatic heterocycles. The summed E-state index contributed by atoms with van der Waals surface area (Å²) < 4.78 is 5.71. The monoisotopic (exact) mass is 849 g/mol. The molecule has 16 N–H and O–H groups in total. The third-order valence-corrected chi connectivity index (χ3v) is 6.98. The molecule has 0 aromatic heterocycles. The molecular weight excluding hydrogens is 799 g/mol. The van der Waals surface area contributed by atoms with Crippen LogP contribution in [0.3, 0.4) is 0 Å². The second-order valence-electron chi connectivity index (χ2n) is 8.94. The van der Waals surface area contributed by atoms with Crippen molar-refractivity contribution in [1.29, 1.82) is 1.43 Å². The summed E-state index contributed by atoms with van der Waals surface area (Å²) in [5.41, 5.74) is 15.1. The Labute approximate surface area is 326 Å². The van der Waals surface area contributed by atoms with E-state index in [4.69, 9.17) is 44.2 Å². The summed E-state index contributed by atoms with van der Waals surface area (Å²) in [6.45, 7) is 1.38. The van der Waals surface area contributed by atoms with Crippen LogP contribution in [0.15, 0.2) is 0 Å². The zero-order valence-corrected chi connectivity index (χ0v) is 32.4. The molecule has 0 unspecified atom stereocenters. The van der Waals surface area contributed by atoms with Crippen LogP contribution in [0.5, 0.6) is 0 Å². The van der Waals surface area contributed by atoms with Crippen molar-refractivity contribution < 1.29 is 73.8 Å². The van der Waals surface area contributed by atoms with Gasteiger partial charge in [-0.15, -0.1) is 0 Å². The zero-order chi connectivity index (χ0) is 42.7. The van der Waals surface area contributed by atoms with E-state index in [1.165, 1.54) is 14.0 Å². The Bertz CT molecular complexity index is 1130. The van der Waals surface area contributed by atoms with Crippen molar-refractivity contribution >= 4 is 115 Å². The maximum atomic E-state index is 11.5. The van der Waals surface area contributed by atoms with E-state index in [2.05, 4.69) is 76.9 Å². The number of thioether (sulfide) groups is 1. The smallest absolute Gasteiger partial charge is 0.327 e. The third kappa shape index (κ3) is 38.1. The Hall–Kier alpha value is -3.18. The van der Waals surface area contributed by atoms with Crippen molar-refractivity contribution in [2.75, 3.05) is 49.0 Å². The number of amides is 4. The number of aliphatic carboxylic acids is 5.